The van der Waals surface area contributed by atoms with Crippen LogP contribution in [0.15, 0.2) is 18.2 Å². The average Bonchev–Trinajstić information content (AvgIpc) is 2.95. The molecule has 0 spiro atoms. The molecule has 2 aliphatic carbocycles. The lowest BCUT2D eigenvalue weighted by molar-refractivity contribution is -0.117. The number of benzene rings is 1. The number of amides is 1. The van der Waals surface area contributed by atoms with Crippen LogP contribution in [-0.4, -0.2) is 5.91 Å². The molecule has 102 valence electrons. The average molecular weight is 298 g/mol. The first-order chi connectivity index (χ1) is 9.11. The smallest absolute Gasteiger partial charge is 0.224 e. The minimum absolute atomic E-state index is 0.0711. The largest absolute Gasteiger partial charge is 0.325 e. The zero-order valence-electron chi connectivity index (χ0n) is 10.7. The number of nitrogens with one attached hydrogen (secondary N) is 1. The second kappa shape index (κ2) is 5.34. The van der Waals surface area contributed by atoms with E-state index in [9.17, 15) is 4.79 Å². The summed E-state index contributed by atoms with van der Waals surface area (Å²) in [7, 11) is 0. The molecule has 0 unspecified atom stereocenters. The molecule has 2 aliphatic rings. The molecule has 0 heterocycles. The number of hydrogen-bond acceptors (Lipinski definition) is 1. The minimum atomic E-state index is 0.0711. The van der Waals surface area contributed by atoms with Gasteiger partial charge in [-0.1, -0.05) is 29.6 Å². The summed E-state index contributed by atoms with van der Waals surface area (Å²) in [6, 6.07) is 5.14. The Morgan fingerprint density at radius 1 is 1.26 bits per heavy atom. The Kier molecular flexibility index (Phi) is 3.72. The number of fused-ring (bicyclic) bond motifs is 2. The number of carbonyl (C=O) groups excluding carboxylic acids is 1. The number of anilines is 1. The van der Waals surface area contributed by atoms with Gasteiger partial charge in [-0.05, 0) is 55.2 Å². The molecular weight excluding hydrogens is 281 g/mol. The maximum Gasteiger partial charge on any atom is 0.224 e. The summed E-state index contributed by atoms with van der Waals surface area (Å²) in [5, 5.41) is 3.97. The second-order valence-electron chi connectivity index (χ2n) is 5.81. The predicted octanol–water partition coefficient (Wildman–Crippen LogP) is 4.76. The van der Waals surface area contributed by atoms with Crippen molar-refractivity contribution in [2.24, 2.45) is 17.8 Å². The Balaban J connectivity index is 1.59. The van der Waals surface area contributed by atoms with Crippen LogP contribution in [0.4, 0.5) is 5.69 Å². The first kappa shape index (κ1) is 13.3. The molecular formula is C15H17Cl2NO. The molecule has 3 atom stereocenters. The molecule has 2 saturated carbocycles. The summed E-state index contributed by atoms with van der Waals surface area (Å²) in [6.07, 6.45) is 5.86. The fourth-order valence-corrected chi connectivity index (χ4v) is 4.11. The first-order valence-corrected chi connectivity index (χ1v) is 7.62. The third-order valence-electron chi connectivity index (χ3n) is 4.54. The van der Waals surface area contributed by atoms with Crippen LogP contribution in [0.2, 0.25) is 10.0 Å². The van der Waals surface area contributed by atoms with Crippen LogP contribution in [0, 0.1) is 17.8 Å². The van der Waals surface area contributed by atoms with Gasteiger partial charge in [-0.2, -0.15) is 0 Å². The fourth-order valence-electron chi connectivity index (χ4n) is 3.66. The van der Waals surface area contributed by atoms with Crippen molar-refractivity contribution in [3.8, 4) is 0 Å². The van der Waals surface area contributed by atoms with Crippen LogP contribution in [-0.2, 0) is 4.79 Å². The van der Waals surface area contributed by atoms with Crippen LogP contribution in [0.1, 0.15) is 32.1 Å². The van der Waals surface area contributed by atoms with Gasteiger partial charge < -0.3 is 5.32 Å². The monoisotopic (exact) mass is 297 g/mol. The highest BCUT2D eigenvalue weighted by Gasteiger charge is 2.40. The molecule has 3 rings (SSSR count). The van der Waals surface area contributed by atoms with Crippen molar-refractivity contribution in [3.63, 3.8) is 0 Å². The number of hydrogen-bond donors (Lipinski definition) is 1. The molecule has 2 fully saturated rings. The van der Waals surface area contributed by atoms with E-state index in [1.54, 1.807) is 18.2 Å². The number of carbonyl (C=O) groups is 1. The summed E-state index contributed by atoms with van der Waals surface area (Å²) in [4.78, 5) is 12.1. The SMILES string of the molecule is O=C(C[C@H]1C[C@H]2CC[C@@H]1C2)Nc1ccc(Cl)cc1Cl. The van der Waals surface area contributed by atoms with Crippen LogP contribution < -0.4 is 5.32 Å². The van der Waals surface area contributed by atoms with Crippen LogP contribution in [0.25, 0.3) is 0 Å². The van der Waals surface area contributed by atoms with Crippen LogP contribution in [0.3, 0.4) is 0 Å². The fraction of sp³-hybridized carbons (Fsp3) is 0.533. The van der Waals surface area contributed by atoms with Gasteiger partial charge in [0.1, 0.15) is 0 Å². The van der Waals surface area contributed by atoms with Crippen molar-refractivity contribution in [1.29, 1.82) is 0 Å². The van der Waals surface area contributed by atoms with Gasteiger partial charge in [0.2, 0.25) is 5.91 Å². The molecule has 2 nitrogen and oxygen atoms in total. The van der Waals surface area contributed by atoms with Crippen molar-refractivity contribution in [3.05, 3.63) is 28.2 Å². The van der Waals surface area contributed by atoms with E-state index in [0.717, 1.165) is 11.8 Å². The molecule has 19 heavy (non-hydrogen) atoms. The normalized spacial score (nSPS) is 28.6. The lowest BCUT2D eigenvalue weighted by atomic mass is 9.86. The molecule has 1 aromatic carbocycles. The van der Waals surface area contributed by atoms with E-state index in [-0.39, 0.29) is 5.91 Å². The topological polar surface area (TPSA) is 29.1 Å². The van der Waals surface area contributed by atoms with Gasteiger partial charge in [0, 0.05) is 11.4 Å². The van der Waals surface area contributed by atoms with Crippen molar-refractivity contribution >= 4 is 34.8 Å². The highest BCUT2D eigenvalue weighted by molar-refractivity contribution is 6.36. The van der Waals surface area contributed by atoms with E-state index in [4.69, 9.17) is 23.2 Å². The zero-order chi connectivity index (χ0) is 13.4. The quantitative estimate of drug-likeness (QED) is 0.856. The van der Waals surface area contributed by atoms with Crippen LogP contribution >= 0.6 is 23.2 Å². The lowest BCUT2D eigenvalue weighted by Crippen LogP contribution is -2.20. The zero-order valence-corrected chi connectivity index (χ0v) is 12.2. The van der Waals surface area contributed by atoms with Gasteiger partial charge in [-0.25, -0.2) is 0 Å². The van der Waals surface area contributed by atoms with Gasteiger partial charge in [0.05, 0.1) is 10.7 Å². The maximum atomic E-state index is 12.1. The number of halogens is 2. The van der Waals surface area contributed by atoms with E-state index in [2.05, 4.69) is 5.32 Å². The molecule has 0 radical (unpaired) electrons. The molecule has 0 saturated heterocycles. The summed E-state index contributed by atoms with van der Waals surface area (Å²) >= 11 is 11.9. The second-order valence-corrected chi connectivity index (χ2v) is 6.66. The van der Waals surface area contributed by atoms with Crippen molar-refractivity contribution in [2.75, 3.05) is 5.32 Å². The third kappa shape index (κ3) is 2.90. The molecule has 1 N–H and O–H groups in total. The Labute approximate surface area is 123 Å². The third-order valence-corrected chi connectivity index (χ3v) is 5.09. The molecule has 0 aliphatic heterocycles. The molecule has 0 aromatic heterocycles. The Morgan fingerprint density at radius 3 is 2.74 bits per heavy atom. The van der Waals surface area contributed by atoms with E-state index in [0.29, 0.717) is 28.1 Å². The molecule has 1 aromatic rings. The summed E-state index contributed by atoms with van der Waals surface area (Å²) < 4.78 is 0. The molecule has 4 heteroatoms. The van der Waals surface area contributed by atoms with Crippen molar-refractivity contribution in [2.45, 2.75) is 32.1 Å². The Morgan fingerprint density at radius 2 is 2.11 bits per heavy atom. The van der Waals surface area contributed by atoms with Gasteiger partial charge in [-0.15, -0.1) is 0 Å². The Bertz CT molecular complexity index is 503. The summed E-state index contributed by atoms with van der Waals surface area (Å²) in [5.74, 6) is 2.30. The van der Waals surface area contributed by atoms with E-state index in [1.165, 1.54) is 25.7 Å². The van der Waals surface area contributed by atoms with Gasteiger partial charge in [-0.3, -0.25) is 4.79 Å². The highest BCUT2D eigenvalue weighted by atomic mass is 35.5. The molecule has 2 bridgehead atoms. The lowest BCUT2D eigenvalue weighted by Gasteiger charge is -2.21. The molecule has 1 amide bonds. The number of rotatable bonds is 3. The van der Waals surface area contributed by atoms with E-state index in [1.807, 2.05) is 0 Å². The van der Waals surface area contributed by atoms with Gasteiger partial charge in [0.25, 0.3) is 0 Å². The standard InChI is InChI=1S/C15H17Cl2NO/c16-12-3-4-14(13(17)8-12)18-15(19)7-11-6-9-1-2-10(11)5-9/h3-4,8-11H,1-2,5-7H2,(H,18,19)/t9-,10+,11+/m0/s1. The first-order valence-electron chi connectivity index (χ1n) is 6.86. The predicted molar refractivity (Wildman–Crippen MR) is 78.6 cm³/mol. The van der Waals surface area contributed by atoms with E-state index < -0.39 is 0 Å². The van der Waals surface area contributed by atoms with Crippen molar-refractivity contribution < 1.29 is 4.79 Å². The highest BCUT2D eigenvalue weighted by Crippen LogP contribution is 2.49. The summed E-state index contributed by atoms with van der Waals surface area (Å²) in [6.45, 7) is 0. The van der Waals surface area contributed by atoms with Gasteiger partial charge >= 0.3 is 0 Å². The van der Waals surface area contributed by atoms with Crippen LogP contribution in [0.5, 0.6) is 0 Å². The minimum Gasteiger partial charge on any atom is -0.325 e. The summed E-state index contributed by atoms with van der Waals surface area (Å²) in [5.41, 5.74) is 0.652. The Hall–Kier alpha value is -0.730. The van der Waals surface area contributed by atoms with Crippen molar-refractivity contribution in [1.82, 2.24) is 0 Å². The van der Waals surface area contributed by atoms with Gasteiger partial charge in [0.15, 0.2) is 0 Å². The van der Waals surface area contributed by atoms with E-state index >= 15 is 0 Å². The maximum absolute atomic E-state index is 12.1.